The van der Waals surface area contributed by atoms with Gasteiger partial charge in [0.25, 0.3) is 0 Å². The molecule has 0 heterocycles. The number of hydrogen-bond donors (Lipinski definition) is 0. The molecule has 0 aliphatic rings. The number of alkyl halides is 1. The first-order chi connectivity index (χ1) is 7.71. The molecule has 0 radical (unpaired) electrons. The first-order valence-corrected chi connectivity index (χ1v) is 7.37. The van der Waals surface area contributed by atoms with Gasteiger partial charge in [-0.15, -0.1) is 11.6 Å². The van der Waals surface area contributed by atoms with Crippen molar-refractivity contribution < 1.29 is 17.2 Å². The average Bonchev–Trinajstić information content (AvgIpc) is 2.21. The fourth-order valence-corrected chi connectivity index (χ4v) is 2.70. The molecule has 0 saturated heterocycles. The molecule has 1 rings (SSSR count). The van der Waals surface area contributed by atoms with Crippen molar-refractivity contribution in [2.75, 3.05) is 6.26 Å². The van der Waals surface area contributed by atoms with Gasteiger partial charge in [0, 0.05) is 6.26 Å². The van der Waals surface area contributed by atoms with E-state index >= 15 is 0 Å². The standard InChI is InChI=1S/C11H13ClF2O2S/c1-7(17(2,15)16)9(12)5-8-3-4-10(13)11(14)6-8/h3-4,6-7,9H,5H2,1-2H3. The lowest BCUT2D eigenvalue weighted by atomic mass is 10.1. The van der Waals surface area contributed by atoms with Crippen LogP contribution in [0, 0.1) is 11.6 Å². The van der Waals surface area contributed by atoms with E-state index in [1.165, 1.54) is 13.0 Å². The molecule has 0 aromatic heterocycles. The molecule has 1 aromatic carbocycles. The third-order valence-corrected chi connectivity index (χ3v) is 4.96. The predicted molar refractivity (Wildman–Crippen MR) is 64.0 cm³/mol. The Morgan fingerprint density at radius 2 is 1.88 bits per heavy atom. The van der Waals surface area contributed by atoms with Gasteiger partial charge >= 0.3 is 0 Å². The molecule has 0 spiro atoms. The molecule has 1 aromatic rings. The topological polar surface area (TPSA) is 34.1 Å². The van der Waals surface area contributed by atoms with Crippen LogP contribution < -0.4 is 0 Å². The maximum absolute atomic E-state index is 12.9. The monoisotopic (exact) mass is 282 g/mol. The first kappa shape index (κ1) is 14.4. The van der Waals surface area contributed by atoms with Gasteiger partial charge in [0.15, 0.2) is 21.5 Å². The first-order valence-electron chi connectivity index (χ1n) is 4.98. The van der Waals surface area contributed by atoms with E-state index in [0.717, 1.165) is 18.4 Å². The van der Waals surface area contributed by atoms with Crippen LogP contribution in [0.4, 0.5) is 8.78 Å². The highest BCUT2D eigenvalue weighted by molar-refractivity contribution is 7.91. The summed E-state index contributed by atoms with van der Waals surface area (Å²) in [5, 5.41) is -1.41. The van der Waals surface area contributed by atoms with Crippen LogP contribution in [0.2, 0.25) is 0 Å². The zero-order chi connectivity index (χ0) is 13.2. The van der Waals surface area contributed by atoms with E-state index in [9.17, 15) is 17.2 Å². The lowest BCUT2D eigenvalue weighted by Crippen LogP contribution is -2.28. The van der Waals surface area contributed by atoms with Gasteiger partial charge in [0.2, 0.25) is 0 Å². The van der Waals surface area contributed by atoms with E-state index in [0.29, 0.717) is 5.56 Å². The van der Waals surface area contributed by atoms with Crippen LogP contribution in [-0.4, -0.2) is 25.3 Å². The summed E-state index contributed by atoms with van der Waals surface area (Å²) in [7, 11) is -3.24. The Hall–Kier alpha value is -0.680. The molecular weight excluding hydrogens is 270 g/mol. The molecule has 2 unspecified atom stereocenters. The van der Waals surface area contributed by atoms with Crippen molar-refractivity contribution in [2.45, 2.75) is 24.0 Å². The predicted octanol–water partition coefficient (Wildman–Crippen LogP) is 2.55. The molecule has 96 valence electrons. The normalized spacial score (nSPS) is 15.6. The van der Waals surface area contributed by atoms with E-state index in [2.05, 4.69) is 0 Å². The Morgan fingerprint density at radius 1 is 1.29 bits per heavy atom. The molecular formula is C11H13ClF2O2S. The Labute approximate surface area is 105 Å². The molecule has 0 aliphatic carbocycles. The second-order valence-corrected chi connectivity index (χ2v) is 6.97. The van der Waals surface area contributed by atoms with Crippen LogP contribution in [-0.2, 0) is 16.3 Å². The van der Waals surface area contributed by atoms with Crippen LogP contribution in [0.3, 0.4) is 0 Å². The smallest absolute Gasteiger partial charge is 0.159 e. The molecule has 0 bridgehead atoms. The zero-order valence-corrected chi connectivity index (χ0v) is 11.0. The van der Waals surface area contributed by atoms with E-state index in [-0.39, 0.29) is 6.42 Å². The Morgan fingerprint density at radius 3 is 2.35 bits per heavy atom. The summed E-state index contributed by atoms with van der Waals surface area (Å²) in [6.07, 6.45) is 1.27. The van der Waals surface area contributed by atoms with Crippen molar-refractivity contribution in [2.24, 2.45) is 0 Å². The largest absolute Gasteiger partial charge is 0.229 e. The molecule has 0 saturated carbocycles. The second-order valence-electron chi connectivity index (χ2n) is 4.00. The number of hydrogen-bond acceptors (Lipinski definition) is 2. The maximum Gasteiger partial charge on any atom is 0.159 e. The lowest BCUT2D eigenvalue weighted by Gasteiger charge is -2.16. The fourth-order valence-electron chi connectivity index (χ4n) is 1.33. The SMILES string of the molecule is CC(C(Cl)Cc1ccc(F)c(F)c1)S(C)(=O)=O. The summed E-state index contributed by atoms with van der Waals surface area (Å²) in [4.78, 5) is 0. The number of rotatable bonds is 4. The van der Waals surface area contributed by atoms with Crippen molar-refractivity contribution in [1.29, 1.82) is 0 Å². The quantitative estimate of drug-likeness (QED) is 0.796. The van der Waals surface area contributed by atoms with E-state index in [4.69, 9.17) is 11.6 Å². The summed E-state index contributed by atoms with van der Waals surface area (Å²) < 4.78 is 48.1. The molecule has 2 atom stereocenters. The Balaban J connectivity index is 2.81. The molecule has 0 aliphatic heterocycles. The van der Waals surface area contributed by atoms with Crippen molar-refractivity contribution in [3.8, 4) is 0 Å². The van der Waals surface area contributed by atoms with Crippen LogP contribution >= 0.6 is 11.6 Å². The highest BCUT2D eigenvalue weighted by Gasteiger charge is 2.24. The van der Waals surface area contributed by atoms with Gasteiger partial charge in [-0.05, 0) is 31.0 Å². The third kappa shape index (κ3) is 3.92. The van der Waals surface area contributed by atoms with Gasteiger partial charge in [-0.3, -0.25) is 0 Å². The van der Waals surface area contributed by atoms with Gasteiger partial charge in [0.1, 0.15) is 0 Å². The zero-order valence-electron chi connectivity index (χ0n) is 9.45. The van der Waals surface area contributed by atoms with Crippen molar-refractivity contribution in [3.05, 3.63) is 35.4 Å². The summed E-state index contributed by atoms with van der Waals surface area (Å²) >= 11 is 5.95. The minimum atomic E-state index is -3.24. The highest BCUT2D eigenvalue weighted by atomic mass is 35.5. The van der Waals surface area contributed by atoms with Crippen molar-refractivity contribution >= 4 is 21.4 Å². The Kier molecular flexibility index (Phi) is 4.49. The van der Waals surface area contributed by atoms with E-state index in [1.807, 2.05) is 0 Å². The maximum atomic E-state index is 12.9. The summed E-state index contributed by atoms with van der Waals surface area (Å²) in [5.41, 5.74) is 0.472. The van der Waals surface area contributed by atoms with E-state index in [1.54, 1.807) is 0 Å². The van der Waals surface area contributed by atoms with Gasteiger partial charge in [0.05, 0.1) is 10.6 Å². The lowest BCUT2D eigenvalue weighted by molar-refractivity contribution is 0.506. The summed E-state index contributed by atoms with van der Waals surface area (Å²) in [5.74, 6) is -1.89. The van der Waals surface area contributed by atoms with Gasteiger partial charge in [-0.25, -0.2) is 17.2 Å². The van der Waals surface area contributed by atoms with Gasteiger partial charge in [-0.2, -0.15) is 0 Å². The molecule has 0 N–H and O–H groups in total. The minimum Gasteiger partial charge on any atom is -0.229 e. The molecule has 0 fully saturated rings. The number of benzene rings is 1. The number of halogens is 3. The Bertz CT molecular complexity index is 502. The third-order valence-electron chi connectivity index (χ3n) is 2.60. The molecule has 6 heteroatoms. The minimum absolute atomic E-state index is 0.174. The molecule has 0 amide bonds. The van der Waals surface area contributed by atoms with Gasteiger partial charge < -0.3 is 0 Å². The van der Waals surface area contributed by atoms with Crippen LogP contribution in [0.15, 0.2) is 18.2 Å². The summed E-state index contributed by atoms with van der Waals surface area (Å²) in [6.45, 7) is 1.49. The fraction of sp³-hybridized carbons (Fsp3) is 0.455. The van der Waals surface area contributed by atoms with E-state index < -0.39 is 32.1 Å². The number of sulfone groups is 1. The van der Waals surface area contributed by atoms with Crippen LogP contribution in [0.25, 0.3) is 0 Å². The van der Waals surface area contributed by atoms with Crippen LogP contribution in [0.1, 0.15) is 12.5 Å². The molecule has 2 nitrogen and oxygen atoms in total. The second kappa shape index (κ2) is 5.31. The summed E-state index contributed by atoms with van der Waals surface area (Å²) in [6, 6.07) is 3.42. The highest BCUT2D eigenvalue weighted by Crippen LogP contribution is 2.18. The van der Waals surface area contributed by atoms with Gasteiger partial charge in [-0.1, -0.05) is 6.07 Å². The molecule has 17 heavy (non-hydrogen) atoms. The average molecular weight is 283 g/mol. The van der Waals surface area contributed by atoms with Crippen molar-refractivity contribution in [1.82, 2.24) is 0 Å². The van der Waals surface area contributed by atoms with Crippen molar-refractivity contribution in [3.63, 3.8) is 0 Å². The van der Waals surface area contributed by atoms with Crippen LogP contribution in [0.5, 0.6) is 0 Å².